The number of anilines is 1. The minimum atomic E-state index is -4.89. The second-order valence-corrected chi connectivity index (χ2v) is 14.6. The Labute approximate surface area is 272 Å². The summed E-state index contributed by atoms with van der Waals surface area (Å²) in [7, 11) is -14.4. The van der Waals surface area contributed by atoms with Gasteiger partial charge in [-0.3, -0.25) is 13.7 Å². The van der Waals surface area contributed by atoms with E-state index >= 15 is 0 Å². The van der Waals surface area contributed by atoms with Crippen LogP contribution >= 0.6 is 0 Å². The van der Waals surface area contributed by atoms with Gasteiger partial charge in [-0.1, -0.05) is 24.3 Å². The van der Waals surface area contributed by atoms with Crippen molar-refractivity contribution in [2.24, 2.45) is 20.5 Å². The lowest BCUT2D eigenvalue weighted by Gasteiger charge is -2.09. The fourth-order valence-electron chi connectivity index (χ4n) is 5.03. The average Bonchev–Trinajstić information content (AvgIpc) is 3.01. The summed E-state index contributed by atoms with van der Waals surface area (Å²) >= 11 is 0. The highest BCUT2D eigenvalue weighted by Gasteiger charge is 2.21. The van der Waals surface area contributed by atoms with Gasteiger partial charge in [0.2, 0.25) is 0 Å². The van der Waals surface area contributed by atoms with Crippen LogP contribution in [-0.4, -0.2) is 44.0 Å². The van der Waals surface area contributed by atoms with Crippen LogP contribution in [0.2, 0.25) is 0 Å². The number of nitrogens with zero attached hydrogens (tertiary/aromatic N) is 4. The summed E-state index contributed by atoms with van der Waals surface area (Å²) in [5, 5.41) is 28.9. The van der Waals surface area contributed by atoms with E-state index in [2.05, 4.69) is 20.5 Å². The van der Waals surface area contributed by atoms with Gasteiger partial charge in [-0.25, -0.2) is 0 Å². The van der Waals surface area contributed by atoms with Crippen molar-refractivity contribution in [3.05, 3.63) is 91.0 Å². The van der Waals surface area contributed by atoms with Crippen molar-refractivity contribution in [2.45, 2.75) is 14.7 Å². The zero-order chi connectivity index (χ0) is 34.6. The van der Waals surface area contributed by atoms with Crippen LogP contribution < -0.4 is 5.73 Å². The predicted octanol–water partition coefficient (Wildman–Crippen LogP) is 7.00. The summed E-state index contributed by atoms with van der Waals surface area (Å²) in [5.41, 5.74) is 7.04. The number of phenolic OH excluding ortho intramolecular Hbond substituents is 1. The van der Waals surface area contributed by atoms with Crippen LogP contribution in [0, 0.1) is 0 Å². The number of aromatic hydroxyl groups is 1. The highest BCUT2D eigenvalue weighted by molar-refractivity contribution is 7.87. The van der Waals surface area contributed by atoms with Gasteiger partial charge in [0.15, 0.2) is 0 Å². The first-order valence-corrected chi connectivity index (χ1v) is 17.7. The van der Waals surface area contributed by atoms with E-state index in [0.29, 0.717) is 27.9 Å². The van der Waals surface area contributed by atoms with Gasteiger partial charge in [0.25, 0.3) is 30.4 Å². The van der Waals surface area contributed by atoms with Gasteiger partial charge in [0.1, 0.15) is 16.3 Å². The largest absolute Gasteiger partial charge is 0.506 e. The number of nitrogen functional groups attached to an aromatic ring is 1. The molecule has 0 saturated carbocycles. The van der Waals surface area contributed by atoms with Gasteiger partial charge in [-0.15, -0.1) is 15.3 Å². The molecule has 0 saturated heterocycles. The van der Waals surface area contributed by atoms with Gasteiger partial charge in [0.05, 0.1) is 26.9 Å². The first-order valence-electron chi connectivity index (χ1n) is 13.4. The Morgan fingerprint density at radius 3 is 1.85 bits per heavy atom. The van der Waals surface area contributed by atoms with Crippen molar-refractivity contribution < 1.29 is 44.0 Å². The van der Waals surface area contributed by atoms with Gasteiger partial charge in [0, 0.05) is 32.6 Å². The predicted molar refractivity (Wildman–Crippen MR) is 176 cm³/mol. The Bertz CT molecular complexity index is 2730. The molecule has 0 aliphatic carbocycles. The van der Waals surface area contributed by atoms with E-state index in [9.17, 15) is 44.0 Å². The molecule has 0 fully saturated rings. The molecule has 6 aromatic rings. The van der Waals surface area contributed by atoms with Crippen LogP contribution in [0.25, 0.3) is 32.3 Å². The number of hydrogen-bond acceptors (Lipinski definition) is 12. The maximum atomic E-state index is 12.0. The molecule has 244 valence electrons. The van der Waals surface area contributed by atoms with Crippen LogP contribution in [0.4, 0.5) is 28.4 Å². The lowest BCUT2D eigenvalue weighted by atomic mass is 10.1. The van der Waals surface area contributed by atoms with Crippen molar-refractivity contribution in [3.8, 4) is 5.75 Å². The van der Waals surface area contributed by atoms with Gasteiger partial charge in [-0.2, -0.15) is 30.4 Å². The maximum absolute atomic E-state index is 12.0. The lowest BCUT2D eigenvalue weighted by molar-refractivity contribution is 0.476. The van der Waals surface area contributed by atoms with Crippen LogP contribution in [-0.2, 0) is 30.4 Å². The third-order valence-corrected chi connectivity index (χ3v) is 9.84. The Morgan fingerprint density at radius 1 is 0.521 bits per heavy atom. The fraction of sp³-hybridized carbons (Fsp3) is 0. The normalized spacial score (nSPS) is 13.0. The number of hydrogen-bond donors (Lipinski definition) is 5. The van der Waals surface area contributed by atoms with E-state index in [1.807, 2.05) is 0 Å². The van der Waals surface area contributed by atoms with E-state index in [1.54, 1.807) is 24.3 Å². The summed E-state index contributed by atoms with van der Waals surface area (Å²) in [6.07, 6.45) is 0. The third-order valence-electron chi connectivity index (χ3n) is 7.26. The molecule has 6 aromatic carbocycles. The topological polar surface area (TPSA) is 259 Å². The molecule has 0 spiro atoms. The molecule has 0 aromatic heterocycles. The number of phenols is 1. The molecule has 0 aliphatic rings. The quantitative estimate of drug-likeness (QED) is 0.0640. The fourth-order valence-corrected chi connectivity index (χ4v) is 6.89. The molecule has 15 nitrogen and oxygen atoms in total. The van der Waals surface area contributed by atoms with Gasteiger partial charge in [-0.05, 0) is 72.1 Å². The van der Waals surface area contributed by atoms with E-state index in [0.717, 1.165) is 18.2 Å². The van der Waals surface area contributed by atoms with Crippen LogP contribution in [0.3, 0.4) is 0 Å². The summed E-state index contributed by atoms with van der Waals surface area (Å²) in [5.74, 6) is -0.187. The number of azo groups is 2. The minimum absolute atomic E-state index is 0.00828. The molecule has 6 N–H and O–H groups in total. The molecule has 48 heavy (non-hydrogen) atoms. The van der Waals surface area contributed by atoms with Crippen LogP contribution in [0.15, 0.2) is 126 Å². The number of fused-ring (bicyclic) bond motifs is 3. The third kappa shape index (κ3) is 6.30. The summed E-state index contributed by atoms with van der Waals surface area (Å²) in [4.78, 5) is -1.97. The molecule has 0 bridgehead atoms. The summed E-state index contributed by atoms with van der Waals surface area (Å²) in [6.45, 7) is 0. The van der Waals surface area contributed by atoms with Crippen molar-refractivity contribution >= 4 is 91.1 Å². The Kier molecular flexibility index (Phi) is 7.94. The zero-order valence-electron chi connectivity index (χ0n) is 24.0. The SMILES string of the molecule is Nc1cccc2c(N=Nc3ccc(N=Nc4ccc5c(S(=O)(=O)O)cc(S(=O)(=O)O)cc5c4)c4ccc(S(=O)(=O)O)cc34)c(O)ccc12. The van der Waals surface area contributed by atoms with Crippen LogP contribution in [0.5, 0.6) is 5.75 Å². The molecule has 0 aliphatic heterocycles. The van der Waals surface area contributed by atoms with E-state index in [4.69, 9.17) is 5.73 Å². The highest BCUT2D eigenvalue weighted by atomic mass is 32.2. The molecule has 0 amide bonds. The molecular weight excluding hydrogens is 687 g/mol. The molecule has 6 rings (SSSR count). The second-order valence-electron chi connectivity index (χ2n) is 10.3. The standard InChI is InChI=1S/C30H21N5O10S3/c31-25-3-1-2-23-21(25)8-11-28(36)30(23)35-34-27-10-9-26(22-7-5-18(14-24(22)27)46(37,38)39)33-32-17-4-6-20-16(12-17)13-19(47(40,41)42)15-29(20)48(43,44)45/h1-15,36H,31H2,(H,37,38,39)(H,40,41,42)(H,43,44,45). The molecular formula is C30H21N5O10S3. The van der Waals surface area contributed by atoms with E-state index < -0.39 is 45.0 Å². The van der Waals surface area contributed by atoms with Crippen molar-refractivity contribution in [2.75, 3.05) is 5.73 Å². The molecule has 18 heteroatoms. The monoisotopic (exact) mass is 707 g/mol. The first kappa shape index (κ1) is 32.6. The Balaban J connectivity index is 1.47. The Morgan fingerprint density at radius 2 is 1.17 bits per heavy atom. The summed E-state index contributed by atoms with van der Waals surface area (Å²) < 4.78 is 100. The smallest absolute Gasteiger partial charge is 0.295 e. The van der Waals surface area contributed by atoms with E-state index in [1.165, 1.54) is 42.5 Å². The van der Waals surface area contributed by atoms with Crippen molar-refractivity contribution in [1.82, 2.24) is 0 Å². The number of nitrogens with two attached hydrogens (primary N) is 1. The Hall–Kier alpha value is -5.37. The van der Waals surface area contributed by atoms with E-state index in [-0.39, 0.29) is 44.7 Å². The lowest BCUT2D eigenvalue weighted by Crippen LogP contribution is -2.04. The van der Waals surface area contributed by atoms with Gasteiger partial charge < -0.3 is 10.8 Å². The molecule has 0 heterocycles. The first-order chi connectivity index (χ1) is 22.5. The average molecular weight is 708 g/mol. The number of rotatable bonds is 7. The maximum Gasteiger partial charge on any atom is 0.295 e. The molecule has 0 unspecified atom stereocenters. The zero-order valence-corrected chi connectivity index (χ0v) is 26.4. The number of benzene rings is 6. The van der Waals surface area contributed by atoms with Gasteiger partial charge >= 0.3 is 0 Å². The summed E-state index contributed by atoms with van der Waals surface area (Å²) in [6, 6.07) is 20.2. The van der Waals surface area contributed by atoms with Crippen molar-refractivity contribution in [1.29, 1.82) is 0 Å². The molecule has 0 atom stereocenters. The minimum Gasteiger partial charge on any atom is -0.506 e. The molecule has 0 radical (unpaired) electrons. The highest BCUT2D eigenvalue weighted by Crippen LogP contribution is 2.41. The van der Waals surface area contributed by atoms with Crippen molar-refractivity contribution in [3.63, 3.8) is 0 Å². The van der Waals surface area contributed by atoms with Crippen LogP contribution in [0.1, 0.15) is 0 Å². The second kappa shape index (κ2) is 11.7.